The van der Waals surface area contributed by atoms with Gasteiger partial charge in [-0.3, -0.25) is 9.78 Å². The average molecular weight is 216 g/mol. The lowest BCUT2D eigenvalue weighted by Gasteiger charge is -1.88. The lowest BCUT2D eigenvalue weighted by molar-refractivity contribution is 1.07. The van der Waals surface area contributed by atoms with E-state index in [-0.39, 0.29) is 18.0 Å². The van der Waals surface area contributed by atoms with E-state index in [2.05, 4.69) is 15.0 Å². The first kappa shape index (κ1) is 10.6. The zero-order chi connectivity index (χ0) is 9.59. The third kappa shape index (κ3) is 1.35. The fourth-order valence-corrected chi connectivity index (χ4v) is 1.36. The van der Waals surface area contributed by atoms with Gasteiger partial charge in [0.15, 0.2) is 0 Å². The molecule has 3 N–H and O–H groups in total. The highest BCUT2D eigenvalue weighted by atomic mass is 35.5. The molecule has 0 saturated heterocycles. The molecule has 0 saturated carbocycles. The number of nitrogens with one attached hydrogen (secondary N) is 3. The largest absolute Gasteiger partial charge is 0.353 e. The Labute approximate surface area is 85.0 Å². The summed E-state index contributed by atoms with van der Waals surface area (Å²) in [6.07, 6.45) is 0. The van der Waals surface area contributed by atoms with E-state index in [9.17, 15) is 9.59 Å². The molecule has 2 rings (SSSR count). The maximum atomic E-state index is 11.3. The Hall–Kier alpha value is -1.49. The summed E-state index contributed by atoms with van der Waals surface area (Å²) < 4.78 is 0. The summed E-state index contributed by atoms with van der Waals surface area (Å²) in [4.78, 5) is 29.8. The summed E-state index contributed by atoms with van der Waals surface area (Å²) >= 11 is 0. The van der Waals surface area contributed by atoms with Crippen LogP contribution >= 0.6 is 12.4 Å². The summed E-state index contributed by atoms with van der Waals surface area (Å²) in [6, 6.07) is 0. The molecule has 0 amide bonds. The van der Waals surface area contributed by atoms with Crippen molar-refractivity contribution < 1.29 is 0 Å². The third-order valence-corrected chi connectivity index (χ3v) is 2.19. The molecule has 0 bridgehead atoms. The van der Waals surface area contributed by atoms with Crippen LogP contribution in [-0.4, -0.2) is 15.0 Å². The van der Waals surface area contributed by atoms with E-state index in [1.807, 2.05) is 13.8 Å². The van der Waals surface area contributed by atoms with Crippen molar-refractivity contribution in [2.24, 2.45) is 0 Å². The van der Waals surface area contributed by atoms with Crippen molar-refractivity contribution in [1.29, 1.82) is 0 Å². The second-order valence-corrected chi connectivity index (χ2v) is 3.03. The molecule has 0 aromatic carbocycles. The summed E-state index contributed by atoms with van der Waals surface area (Å²) in [5.74, 6) is 0. The van der Waals surface area contributed by atoms with E-state index in [4.69, 9.17) is 0 Å². The molecule has 2 heterocycles. The first-order valence-corrected chi connectivity index (χ1v) is 3.91. The van der Waals surface area contributed by atoms with Crippen molar-refractivity contribution in [3.8, 4) is 0 Å². The molecule has 0 aliphatic carbocycles. The number of aromatic nitrogens is 3. The van der Waals surface area contributed by atoms with Crippen molar-refractivity contribution in [2.45, 2.75) is 13.8 Å². The molecule has 5 nitrogen and oxygen atoms in total. The number of H-pyrrole nitrogens is 3. The molecule has 0 atom stereocenters. The molecular weight excluding hydrogens is 206 g/mol. The van der Waals surface area contributed by atoms with Gasteiger partial charge in [0.1, 0.15) is 5.52 Å². The molecular formula is C8H10ClN3O2. The van der Waals surface area contributed by atoms with E-state index < -0.39 is 5.69 Å². The smallest absolute Gasteiger partial charge is 0.326 e. The lowest BCUT2D eigenvalue weighted by Crippen LogP contribution is -2.21. The fourth-order valence-electron chi connectivity index (χ4n) is 1.36. The zero-order valence-corrected chi connectivity index (χ0v) is 8.54. The van der Waals surface area contributed by atoms with Crippen molar-refractivity contribution >= 4 is 23.4 Å². The summed E-state index contributed by atoms with van der Waals surface area (Å²) in [5, 5.41) is 0. The standard InChI is InChI=1S/C8H9N3O2.ClH/c1-3-4(2)9-6-5(3)10-8(13)11-7(6)12;/h9H,1-2H3,(H2,10,11,12,13);1H. The van der Waals surface area contributed by atoms with Crippen LogP contribution < -0.4 is 11.2 Å². The molecule has 14 heavy (non-hydrogen) atoms. The maximum Gasteiger partial charge on any atom is 0.326 e. The monoisotopic (exact) mass is 215 g/mol. The van der Waals surface area contributed by atoms with Crippen molar-refractivity contribution in [3.05, 3.63) is 32.1 Å². The Bertz CT molecular complexity index is 578. The second-order valence-electron chi connectivity index (χ2n) is 3.03. The van der Waals surface area contributed by atoms with Crippen LogP contribution in [0.3, 0.4) is 0 Å². The highest BCUT2D eigenvalue weighted by Gasteiger charge is 2.07. The first-order chi connectivity index (χ1) is 6.09. The fraction of sp³-hybridized carbons (Fsp3) is 0.250. The molecule has 0 radical (unpaired) electrons. The summed E-state index contributed by atoms with van der Waals surface area (Å²) in [7, 11) is 0. The van der Waals surface area contributed by atoms with Gasteiger partial charge in [-0.2, -0.15) is 0 Å². The van der Waals surface area contributed by atoms with Crippen LogP contribution in [0, 0.1) is 13.8 Å². The highest BCUT2D eigenvalue weighted by molar-refractivity contribution is 5.85. The van der Waals surface area contributed by atoms with Crippen molar-refractivity contribution in [3.63, 3.8) is 0 Å². The van der Waals surface area contributed by atoms with Gasteiger partial charge >= 0.3 is 5.69 Å². The SMILES string of the molecule is Cc1[nH]c2c(=O)[nH]c(=O)[nH]c2c1C.Cl. The molecule has 2 aromatic rings. The molecule has 2 aromatic heterocycles. The van der Waals surface area contributed by atoms with Gasteiger partial charge in [0.2, 0.25) is 0 Å². The van der Waals surface area contributed by atoms with Gasteiger partial charge < -0.3 is 9.97 Å². The first-order valence-electron chi connectivity index (χ1n) is 3.91. The zero-order valence-electron chi connectivity index (χ0n) is 7.72. The second kappa shape index (κ2) is 3.34. The third-order valence-electron chi connectivity index (χ3n) is 2.19. The number of aryl methyl sites for hydroxylation is 2. The van der Waals surface area contributed by atoms with E-state index >= 15 is 0 Å². The van der Waals surface area contributed by atoms with Crippen molar-refractivity contribution in [1.82, 2.24) is 15.0 Å². The molecule has 0 aliphatic rings. The van der Waals surface area contributed by atoms with Crippen LogP contribution in [0.5, 0.6) is 0 Å². The molecule has 0 fully saturated rings. The summed E-state index contributed by atoms with van der Waals surface area (Å²) in [5.41, 5.74) is 1.95. The Balaban J connectivity index is 0.000000980. The quantitative estimate of drug-likeness (QED) is 0.601. The molecule has 0 unspecified atom stereocenters. The average Bonchev–Trinajstić information content (AvgIpc) is 2.32. The Morgan fingerprint density at radius 2 is 1.57 bits per heavy atom. The predicted molar refractivity (Wildman–Crippen MR) is 56.3 cm³/mol. The number of hydrogen-bond acceptors (Lipinski definition) is 2. The van der Waals surface area contributed by atoms with Crippen LogP contribution in [0.1, 0.15) is 11.3 Å². The molecule has 0 aliphatic heterocycles. The molecule has 6 heteroatoms. The van der Waals surface area contributed by atoms with E-state index in [0.717, 1.165) is 11.3 Å². The Kier molecular flexibility index (Phi) is 2.53. The molecule has 0 spiro atoms. The number of fused-ring (bicyclic) bond motifs is 1. The van der Waals surface area contributed by atoms with Crippen LogP contribution in [-0.2, 0) is 0 Å². The van der Waals surface area contributed by atoms with E-state index in [1.165, 1.54) is 0 Å². The van der Waals surface area contributed by atoms with Gasteiger partial charge in [0, 0.05) is 5.69 Å². The Morgan fingerprint density at radius 1 is 0.929 bits per heavy atom. The minimum Gasteiger partial charge on any atom is -0.353 e. The van der Waals surface area contributed by atoms with Crippen LogP contribution in [0.25, 0.3) is 11.0 Å². The van der Waals surface area contributed by atoms with Gasteiger partial charge in [-0.1, -0.05) is 0 Å². The van der Waals surface area contributed by atoms with Gasteiger partial charge in [0.25, 0.3) is 5.56 Å². The van der Waals surface area contributed by atoms with Crippen LogP contribution in [0.2, 0.25) is 0 Å². The number of hydrogen-bond donors (Lipinski definition) is 3. The number of halogens is 1. The topological polar surface area (TPSA) is 81.5 Å². The van der Waals surface area contributed by atoms with Crippen LogP contribution in [0.4, 0.5) is 0 Å². The van der Waals surface area contributed by atoms with Crippen LogP contribution in [0.15, 0.2) is 9.59 Å². The maximum absolute atomic E-state index is 11.3. The predicted octanol–water partition coefficient (Wildman–Crippen LogP) is 0.583. The van der Waals surface area contributed by atoms with Gasteiger partial charge in [-0.05, 0) is 19.4 Å². The Morgan fingerprint density at radius 3 is 2.21 bits per heavy atom. The summed E-state index contributed by atoms with van der Waals surface area (Å²) in [6.45, 7) is 3.70. The highest BCUT2D eigenvalue weighted by Crippen LogP contribution is 2.13. The lowest BCUT2D eigenvalue weighted by atomic mass is 10.2. The van der Waals surface area contributed by atoms with Gasteiger partial charge in [0.05, 0.1) is 5.52 Å². The number of rotatable bonds is 0. The van der Waals surface area contributed by atoms with Gasteiger partial charge in [-0.25, -0.2) is 4.79 Å². The van der Waals surface area contributed by atoms with E-state index in [1.54, 1.807) is 0 Å². The number of aromatic amines is 3. The minimum absolute atomic E-state index is 0. The van der Waals surface area contributed by atoms with Crippen molar-refractivity contribution in [2.75, 3.05) is 0 Å². The van der Waals surface area contributed by atoms with Gasteiger partial charge in [-0.15, -0.1) is 12.4 Å². The van der Waals surface area contributed by atoms with E-state index in [0.29, 0.717) is 11.0 Å². The normalized spacial score (nSPS) is 10.1. The molecule has 76 valence electrons. The minimum atomic E-state index is -0.473.